The van der Waals surface area contributed by atoms with Gasteiger partial charge in [-0.05, 0) is 39.7 Å². The first-order chi connectivity index (χ1) is 7.32. The molecule has 0 amide bonds. The van der Waals surface area contributed by atoms with Gasteiger partial charge in [0.25, 0.3) is 0 Å². The van der Waals surface area contributed by atoms with Crippen molar-refractivity contribution >= 4 is 10.8 Å². The molecule has 0 aromatic carbocycles. The molecule has 0 aromatic rings. The largest absolute Gasteiger partial charge is 0.313 e. The van der Waals surface area contributed by atoms with E-state index in [1.807, 2.05) is 0 Å². The summed E-state index contributed by atoms with van der Waals surface area (Å²) >= 11 is 0. The van der Waals surface area contributed by atoms with Gasteiger partial charge in [0.15, 0.2) is 0 Å². The summed E-state index contributed by atoms with van der Waals surface area (Å²) < 4.78 is 12.0. The summed E-state index contributed by atoms with van der Waals surface area (Å²) in [6.07, 6.45) is 2.28. The van der Waals surface area contributed by atoms with E-state index in [9.17, 15) is 4.21 Å². The molecule has 0 aromatic heterocycles. The molecular weight excluding hydrogens is 218 g/mol. The second-order valence-corrected chi connectivity index (χ2v) is 7.82. The summed E-state index contributed by atoms with van der Waals surface area (Å²) in [6.45, 7) is 13.8. The van der Waals surface area contributed by atoms with Crippen LogP contribution >= 0.6 is 0 Å². The average Bonchev–Trinajstić information content (AvgIpc) is 2.21. The van der Waals surface area contributed by atoms with Gasteiger partial charge >= 0.3 is 0 Å². The van der Waals surface area contributed by atoms with Crippen LogP contribution in [0.15, 0.2) is 0 Å². The zero-order valence-corrected chi connectivity index (χ0v) is 12.6. The molecule has 0 heterocycles. The van der Waals surface area contributed by atoms with E-state index in [0.29, 0.717) is 12.0 Å². The summed E-state index contributed by atoms with van der Waals surface area (Å²) in [5.74, 6) is 1.37. The molecule has 0 saturated carbocycles. The fraction of sp³-hybridized carbons (Fsp3) is 1.00. The standard InChI is InChI=1S/C13H29NOS/c1-7-9-14-12(11(3)8-2)10-16(15)13(4,5)6/h11-12,14H,7-10H2,1-6H3. The van der Waals surface area contributed by atoms with Gasteiger partial charge in [-0.3, -0.25) is 4.21 Å². The van der Waals surface area contributed by atoms with Crippen molar-refractivity contribution in [2.75, 3.05) is 12.3 Å². The fourth-order valence-corrected chi connectivity index (χ4v) is 2.72. The first-order valence-electron chi connectivity index (χ1n) is 6.44. The van der Waals surface area contributed by atoms with Crippen molar-refractivity contribution in [2.45, 2.75) is 65.2 Å². The predicted molar refractivity (Wildman–Crippen MR) is 74.3 cm³/mol. The summed E-state index contributed by atoms with van der Waals surface area (Å²) in [5.41, 5.74) is 0. The zero-order chi connectivity index (χ0) is 12.8. The van der Waals surface area contributed by atoms with Crippen molar-refractivity contribution in [1.29, 1.82) is 0 Å². The van der Waals surface area contributed by atoms with Gasteiger partial charge in [0.05, 0.1) is 0 Å². The lowest BCUT2D eigenvalue weighted by Gasteiger charge is -2.27. The summed E-state index contributed by atoms with van der Waals surface area (Å²) in [7, 11) is -0.756. The minimum Gasteiger partial charge on any atom is -0.313 e. The number of rotatable bonds is 7. The highest BCUT2D eigenvalue weighted by Crippen LogP contribution is 2.16. The third-order valence-electron chi connectivity index (χ3n) is 3.00. The molecule has 0 fully saturated rings. The normalized spacial score (nSPS) is 18.1. The number of hydrogen-bond donors (Lipinski definition) is 1. The number of nitrogens with one attached hydrogen (secondary N) is 1. The van der Waals surface area contributed by atoms with Crippen LogP contribution in [0, 0.1) is 5.92 Å². The lowest BCUT2D eigenvalue weighted by Crippen LogP contribution is -2.42. The topological polar surface area (TPSA) is 29.1 Å². The molecule has 2 nitrogen and oxygen atoms in total. The van der Waals surface area contributed by atoms with Gasteiger partial charge in [-0.2, -0.15) is 0 Å². The van der Waals surface area contributed by atoms with E-state index in [0.717, 1.165) is 25.1 Å². The molecule has 16 heavy (non-hydrogen) atoms. The Morgan fingerprint density at radius 2 is 1.81 bits per heavy atom. The Bertz CT molecular complexity index is 210. The third-order valence-corrected chi connectivity index (χ3v) is 5.03. The quantitative estimate of drug-likeness (QED) is 0.749. The molecule has 0 radical (unpaired) electrons. The minimum atomic E-state index is -0.756. The van der Waals surface area contributed by atoms with Crippen molar-refractivity contribution < 1.29 is 4.21 Å². The van der Waals surface area contributed by atoms with Crippen molar-refractivity contribution in [3.05, 3.63) is 0 Å². The lowest BCUT2D eigenvalue weighted by molar-refractivity contribution is 0.393. The van der Waals surface area contributed by atoms with Crippen LogP contribution in [0.1, 0.15) is 54.4 Å². The maximum absolute atomic E-state index is 12.1. The van der Waals surface area contributed by atoms with Crippen LogP contribution in [0.3, 0.4) is 0 Å². The Balaban J connectivity index is 4.36. The Morgan fingerprint density at radius 1 is 1.25 bits per heavy atom. The Kier molecular flexibility index (Phi) is 7.49. The molecule has 3 heteroatoms. The Morgan fingerprint density at radius 3 is 2.19 bits per heavy atom. The maximum atomic E-state index is 12.1. The first-order valence-corrected chi connectivity index (χ1v) is 7.76. The molecular formula is C13H29NOS. The SMILES string of the molecule is CCCNC(CS(=O)C(C)(C)C)C(C)CC. The van der Waals surface area contributed by atoms with E-state index >= 15 is 0 Å². The predicted octanol–water partition coefficient (Wildman–Crippen LogP) is 2.95. The maximum Gasteiger partial charge on any atom is 0.0396 e. The number of hydrogen-bond acceptors (Lipinski definition) is 2. The highest BCUT2D eigenvalue weighted by atomic mass is 32.2. The highest BCUT2D eigenvalue weighted by Gasteiger charge is 2.25. The van der Waals surface area contributed by atoms with Gasteiger partial charge in [0.2, 0.25) is 0 Å². The van der Waals surface area contributed by atoms with Gasteiger partial charge in [-0.25, -0.2) is 0 Å². The van der Waals surface area contributed by atoms with Crippen molar-refractivity contribution in [2.24, 2.45) is 5.92 Å². The molecule has 0 aliphatic carbocycles. The summed E-state index contributed by atoms with van der Waals surface area (Å²) in [4.78, 5) is 0. The smallest absolute Gasteiger partial charge is 0.0396 e. The molecule has 98 valence electrons. The molecule has 0 rings (SSSR count). The molecule has 3 unspecified atom stereocenters. The Hall–Kier alpha value is 0.110. The highest BCUT2D eigenvalue weighted by molar-refractivity contribution is 7.86. The van der Waals surface area contributed by atoms with Crippen molar-refractivity contribution in [3.8, 4) is 0 Å². The summed E-state index contributed by atoms with van der Waals surface area (Å²) in [6, 6.07) is 0.394. The second-order valence-electron chi connectivity index (χ2n) is 5.57. The monoisotopic (exact) mass is 247 g/mol. The molecule has 3 atom stereocenters. The van der Waals surface area contributed by atoms with E-state index in [4.69, 9.17) is 0 Å². The minimum absolute atomic E-state index is 0.0976. The van der Waals surface area contributed by atoms with E-state index in [-0.39, 0.29) is 4.75 Å². The second kappa shape index (κ2) is 7.44. The van der Waals surface area contributed by atoms with Crippen LogP contribution < -0.4 is 5.32 Å². The fourth-order valence-electron chi connectivity index (χ4n) is 1.45. The van der Waals surface area contributed by atoms with Crippen LogP contribution in [-0.2, 0) is 10.8 Å². The van der Waals surface area contributed by atoms with Crippen LogP contribution in [0.2, 0.25) is 0 Å². The van der Waals surface area contributed by atoms with E-state index in [1.165, 1.54) is 0 Å². The van der Waals surface area contributed by atoms with Gasteiger partial charge < -0.3 is 5.32 Å². The molecule has 1 N–H and O–H groups in total. The average molecular weight is 247 g/mol. The van der Waals surface area contributed by atoms with Gasteiger partial charge in [0, 0.05) is 27.3 Å². The summed E-state index contributed by atoms with van der Waals surface area (Å²) in [5, 5.41) is 3.53. The first kappa shape index (κ1) is 16.1. The van der Waals surface area contributed by atoms with Crippen LogP contribution in [0.25, 0.3) is 0 Å². The Labute approximate surface area is 104 Å². The van der Waals surface area contributed by atoms with E-state index in [2.05, 4.69) is 46.9 Å². The van der Waals surface area contributed by atoms with Gasteiger partial charge in [-0.15, -0.1) is 0 Å². The van der Waals surface area contributed by atoms with Crippen molar-refractivity contribution in [3.63, 3.8) is 0 Å². The van der Waals surface area contributed by atoms with E-state index < -0.39 is 10.8 Å². The molecule has 0 saturated heterocycles. The molecule has 0 spiro atoms. The van der Waals surface area contributed by atoms with E-state index in [1.54, 1.807) is 0 Å². The van der Waals surface area contributed by atoms with Crippen LogP contribution in [0.5, 0.6) is 0 Å². The third kappa shape index (κ3) is 6.00. The zero-order valence-electron chi connectivity index (χ0n) is 11.8. The van der Waals surface area contributed by atoms with Gasteiger partial charge in [-0.1, -0.05) is 27.2 Å². The molecule has 0 aliphatic heterocycles. The van der Waals surface area contributed by atoms with Gasteiger partial charge in [0.1, 0.15) is 0 Å². The van der Waals surface area contributed by atoms with Crippen molar-refractivity contribution in [1.82, 2.24) is 5.32 Å². The lowest BCUT2D eigenvalue weighted by atomic mass is 10.0. The molecule has 0 bridgehead atoms. The molecule has 0 aliphatic rings. The van der Waals surface area contributed by atoms with Crippen LogP contribution in [0.4, 0.5) is 0 Å². The van der Waals surface area contributed by atoms with Crippen LogP contribution in [-0.4, -0.2) is 27.3 Å².